The molecule has 0 aliphatic carbocycles. The van der Waals surface area contributed by atoms with Crippen molar-refractivity contribution in [3.63, 3.8) is 0 Å². The number of pyridine rings is 1. The molecule has 1 amide bonds. The third-order valence-electron chi connectivity index (χ3n) is 2.49. The topological polar surface area (TPSA) is 105 Å². The number of carbonyl (C=O) groups excluding carboxylic acids is 1. The number of amides is 1. The lowest BCUT2D eigenvalue weighted by Crippen LogP contribution is -2.30. The summed E-state index contributed by atoms with van der Waals surface area (Å²) in [7, 11) is -0.489. The van der Waals surface area contributed by atoms with Crippen LogP contribution in [-0.4, -0.2) is 51.4 Å². The molecule has 1 aromatic heterocycles. The Morgan fingerprint density at radius 3 is 2.76 bits per heavy atom. The lowest BCUT2D eigenvalue weighted by molar-refractivity contribution is -0.128. The van der Waals surface area contributed by atoms with Gasteiger partial charge in [0.15, 0.2) is 0 Å². The molecule has 7 nitrogen and oxygen atoms in total. The van der Waals surface area contributed by atoms with Gasteiger partial charge in [-0.25, -0.2) is 13.1 Å². The van der Waals surface area contributed by atoms with Crippen LogP contribution in [0.4, 0.5) is 0 Å². The highest BCUT2D eigenvalue weighted by atomic mass is 32.2. The Kier molecular flexibility index (Phi) is 6.30. The van der Waals surface area contributed by atoms with E-state index in [1.807, 2.05) is 0 Å². The average molecular weight is 310 g/mol. The van der Waals surface area contributed by atoms with E-state index in [9.17, 15) is 13.2 Å². The van der Waals surface area contributed by atoms with Crippen LogP contribution in [0.3, 0.4) is 0 Å². The quantitative estimate of drug-likeness (QED) is 0.689. The summed E-state index contributed by atoms with van der Waals surface area (Å²) < 4.78 is 26.5. The molecule has 114 valence electrons. The van der Waals surface area contributed by atoms with Gasteiger partial charge in [-0.15, -0.1) is 0 Å². The first-order valence-corrected chi connectivity index (χ1v) is 7.69. The molecule has 21 heavy (non-hydrogen) atoms. The Morgan fingerprint density at radius 1 is 1.43 bits per heavy atom. The zero-order chi connectivity index (χ0) is 15.9. The second kappa shape index (κ2) is 7.73. The predicted molar refractivity (Wildman–Crippen MR) is 78.7 cm³/mol. The summed E-state index contributed by atoms with van der Waals surface area (Å²) >= 11 is 0. The van der Waals surface area contributed by atoms with E-state index >= 15 is 0 Å². The molecule has 0 saturated heterocycles. The molecule has 1 heterocycles. The fourth-order valence-electron chi connectivity index (χ4n) is 1.39. The molecule has 0 atom stereocenters. The molecule has 0 bridgehead atoms. The van der Waals surface area contributed by atoms with E-state index in [1.54, 1.807) is 14.1 Å². The van der Waals surface area contributed by atoms with Crippen molar-refractivity contribution in [1.29, 1.82) is 0 Å². The normalized spacial score (nSPS) is 10.6. The monoisotopic (exact) mass is 310 g/mol. The lowest BCUT2D eigenvalue weighted by atomic mass is 10.3. The number of sulfonamides is 1. The van der Waals surface area contributed by atoms with Gasteiger partial charge in [-0.05, 0) is 6.07 Å². The summed E-state index contributed by atoms with van der Waals surface area (Å²) in [6, 6.07) is 1.41. The van der Waals surface area contributed by atoms with E-state index in [0.717, 1.165) is 0 Å². The van der Waals surface area contributed by atoms with Gasteiger partial charge in [-0.1, -0.05) is 11.8 Å². The number of aromatic nitrogens is 1. The third kappa shape index (κ3) is 5.51. The van der Waals surface area contributed by atoms with Crippen LogP contribution >= 0.6 is 0 Å². The fourth-order valence-corrected chi connectivity index (χ4v) is 2.41. The molecular formula is C13H18N4O3S. The van der Waals surface area contributed by atoms with E-state index in [4.69, 9.17) is 5.73 Å². The van der Waals surface area contributed by atoms with Gasteiger partial charge in [0.2, 0.25) is 15.9 Å². The van der Waals surface area contributed by atoms with Crippen LogP contribution in [0.2, 0.25) is 0 Å². The van der Waals surface area contributed by atoms with Gasteiger partial charge < -0.3 is 10.6 Å². The van der Waals surface area contributed by atoms with E-state index < -0.39 is 10.0 Å². The van der Waals surface area contributed by atoms with E-state index in [2.05, 4.69) is 21.5 Å². The summed E-state index contributed by atoms with van der Waals surface area (Å²) in [5.74, 6) is 5.19. The van der Waals surface area contributed by atoms with Gasteiger partial charge in [-0.2, -0.15) is 0 Å². The maximum absolute atomic E-state index is 12.1. The van der Waals surface area contributed by atoms with Crippen LogP contribution in [0.15, 0.2) is 23.4 Å². The third-order valence-corrected chi connectivity index (χ3v) is 3.92. The summed E-state index contributed by atoms with van der Waals surface area (Å²) in [6.07, 6.45) is 2.77. The summed E-state index contributed by atoms with van der Waals surface area (Å²) in [5, 5.41) is 0. The SMILES string of the molecule is CN(C)C(=O)CCNS(=O)(=O)c1cncc(C#CCN)c1. The van der Waals surface area contributed by atoms with Crippen molar-refractivity contribution < 1.29 is 13.2 Å². The van der Waals surface area contributed by atoms with Crippen molar-refractivity contribution in [2.45, 2.75) is 11.3 Å². The summed E-state index contributed by atoms with van der Waals surface area (Å²) in [6.45, 7) is 0.208. The van der Waals surface area contributed by atoms with Crippen LogP contribution in [0, 0.1) is 11.8 Å². The van der Waals surface area contributed by atoms with Crippen molar-refractivity contribution in [2.75, 3.05) is 27.2 Å². The summed E-state index contributed by atoms with van der Waals surface area (Å²) in [4.78, 5) is 16.6. The fraction of sp³-hybridized carbons (Fsp3) is 0.385. The minimum atomic E-state index is -3.71. The molecule has 1 aromatic rings. The predicted octanol–water partition coefficient (Wildman–Crippen LogP) is -0.852. The molecule has 3 N–H and O–H groups in total. The van der Waals surface area contributed by atoms with Crippen LogP contribution < -0.4 is 10.5 Å². The Labute approximate surface area is 124 Å². The molecule has 0 fully saturated rings. The van der Waals surface area contributed by atoms with Crippen molar-refractivity contribution in [1.82, 2.24) is 14.6 Å². The molecular weight excluding hydrogens is 292 g/mol. The Morgan fingerprint density at radius 2 is 2.14 bits per heavy atom. The number of rotatable bonds is 5. The second-order valence-electron chi connectivity index (χ2n) is 4.35. The minimum absolute atomic E-state index is 0.00336. The number of hydrogen-bond donors (Lipinski definition) is 2. The maximum Gasteiger partial charge on any atom is 0.242 e. The first kappa shape index (κ1) is 17.1. The number of hydrogen-bond acceptors (Lipinski definition) is 5. The largest absolute Gasteiger partial charge is 0.349 e. The molecule has 0 radical (unpaired) electrons. The highest BCUT2D eigenvalue weighted by Crippen LogP contribution is 2.08. The number of nitrogens with one attached hydrogen (secondary N) is 1. The van der Waals surface area contributed by atoms with Crippen LogP contribution in [-0.2, 0) is 14.8 Å². The molecule has 8 heteroatoms. The molecule has 0 spiro atoms. The minimum Gasteiger partial charge on any atom is -0.349 e. The van der Waals surface area contributed by atoms with E-state index in [0.29, 0.717) is 5.56 Å². The number of nitrogens with zero attached hydrogens (tertiary/aromatic N) is 2. The average Bonchev–Trinajstić information content (AvgIpc) is 2.45. The Balaban J connectivity index is 2.76. The standard InChI is InChI=1S/C13H18N4O3S/c1-17(2)13(18)5-7-16-21(19,20)12-8-11(4-3-6-14)9-15-10-12/h8-10,16H,5-7,14H2,1-2H3. The van der Waals surface area contributed by atoms with Crippen molar-refractivity contribution in [3.8, 4) is 11.8 Å². The van der Waals surface area contributed by atoms with E-state index in [1.165, 1.54) is 23.4 Å². The lowest BCUT2D eigenvalue weighted by Gasteiger charge is -2.10. The van der Waals surface area contributed by atoms with Gasteiger partial charge in [0.1, 0.15) is 4.90 Å². The first-order valence-electron chi connectivity index (χ1n) is 6.20. The zero-order valence-corrected chi connectivity index (χ0v) is 12.8. The van der Waals surface area contributed by atoms with Crippen LogP contribution in [0.1, 0.15) is 12.0 Å². The highest BCUT2D eigenvalue weighted by Gasteiger charge is 2.15. The molecule has 0 aliphatic rings. The van der Waals surface area contributed by atoms with Crippen LogP contribution in [0.25, 0.3) is 0 Å². The molecule has 0 saturated carbocycles. The van der Waals surface area contributed by atoms with Gasteiger partial charge in [0.25, 0.3) is 0 Å². The highest BCUT2D eigenvalue weighted by molar-refractivity contribution is 7.89. The van der Waals surface area contributed by atoms with Gasteiger partial charge in [0.05, 0.1) is 6.54 Å². The van der Waals surface area contributed by atoms with Crippen molar-refractivity contribution in [3.05, 3.63) is 24.0 Å². The number of carbonyl (C=O) groups is 1. The Bertz CT molecular complexity index is 659. The van der Waals surface area contributed by atoms with Crippen molar-refractivity contribution >= 4 is 15.9 Å². The molecule has 0 aromatic carbocycles. The summed E-state index contributed by atoms with van der Waals surface area (Å²) in [5.41, 5.74) is 5.72. The van der Waals surface area contributed by atoms with Gasteiger partial charge in [-0.3, -0.25) is 9.78 Å². The smallest absolute Gasteiger partial charge is 0.242 e. The van der Waals surface area contributed by atoms with Crippen molar-refractivity contribution in [2.24, 2.45) is 5.73 Å². The van der Waals surface area contributed by atoms with Gasteiger partial charge >= 0.3 is 0 Å². The molecule has 0 unspecified atom stereocenters. The van der Waals surface area contributed by atoms with Gasteiger partial charge in [0, 0.05) is 45.0 Å². The second-order valence-corrected chi connectivity index (χ2v) is 6.12. The molecule has 1 rings (SSSR count). The number of nitrogens with two attached hydrogens (primary N) is 1. The zero-order valence-electron chi connectivity index (χ0n) is 12.0. The van der Waals surface area contributed by atoms with E-state index in [-0.39, 0.29) is 30.3 Å². The molecule has 0 aliphatic heterocycles. The first-order chi connectivity index (χ1) is 9.86. The maximum atomic E-state index is 12.1. The van der Waals surface area contributed by atoms with Crippen LogP contribution in [0.5, 0.6) is 0 Å². The Hall–Kier alpha value is -1.95.